The summed E-state index contributed by atoms with van der Waals surface area (Å²) in [6.45, 7) is 4.30. The Kier molecular flexibility index (Phi) is 5.92. The second-order valence-corrected chi connectivity index (χ2v) is 4.53. The van der Waals surface area contributed by atoms with Crippen molar-refractivity contribution in [1.29, 1.82) is 0 Å². The van der Waals surface area contributed by atoms with Gasteiger partial charge in [-0.15, -0.1) is 0 Å². The smallest absolute Gasteiger partial charge is 0.373 e. The summed E-state index contributed by atoms with van der Waals surface area (Å²) in [5.41, 5.74) is 6.20. The summed E-state index contributed by atoms with van der Waals surface area (Å²) >= 11 is 0. The van der Waals surface area contributed by atoms with Gasteiger partial charge in [0.2, 0.25) is 5.76 Å². The molecule has 0 spiro atoms. The summed E-state index contributed by atoms with van der Waals surface area (Å²) in [7, 11) is 1.33. The Balaban J connectivity index is 2.72. The molecule has 4 heteroatoms. The number of unbranched alkanes of at least 4 members (excludes halogenated alkanes) is 1. The van der Waals surface area contributed by atoms with Crippen LogP contribution in [0.2, 0.25) is 0 Å². The molecule has 2 atom stereocenters. The van der Waals surface area contributed by atoms with Gasteiger partial charge in [-0.25, -0.2) is 4.79 Å². The maximum atomic E-state index is 11.3. The van der Waals surface area contributed by atoms with Crippen LogP contribution < -0.4 is 5.73 Å². The number of esters is 1. The minimum Gasteiger partial charge on any atom is -0.463 e. The van der Waals surface area contributed by atoms with E-state index in [2.05, 4.69) is 18.6 Å². The van der Waals surface area contributed by atoms with Crippen molar-refractivity contribution in [2.75, 3.05) is 7.11 Å². The standard InChI is InChI=1S/C14H23NO3/c1-4-6-7-10(5-2)13(15)11-8-9-12(18-11)14(16)17-3/h8-10,13H,4-7,15H2,1-3H3. The normalized spacial score (nSPS) is 14.2. The topological polar surface area (TPSA) is 65.5 Å². The third-order valence-electron chi connectivity index (χ3n) is 3.30. The number of furan rings is 1. The maximum Gasteiger partial charge on any atom is 0.373 e. The molecule has 0 amide bonds. The zero-order valence-electron chi connectivity index (χ0n) is 11.4. The van der Waals surface area contributed by atoms with Gasteiger partial charge in [0.15, 0.2) is 0 Å². The molecule has 18 heavy (non-hydrogen) atoms. The van der Waals surface area contributed by atoms with Crippen molar-refractivity contribution in [2.45, 2.75) is 45.6 Å². The zero-order chi connectivity index (χ0) is 13.5. The fraction of sp³-hybridized carbons (Fsp3) is 0.643. The van der Waals surface area contributed by atoms with Gasteiger partial charge in [-0.3, -0.25) is 0 Å². The zero-order valence-corrected chi connectivity index (χ0v) is 11.4. The van der Waals surface area contributed by atoms with E-state index in [9.17, 15) is 4.79 Å². The van der Waals surface area contributed by atoms with Crippen LogP contribution in [0.15, 0.2) is 16.5 Å². The molecule has 0 saturated carbocycles. The quantitative estimate of drug-likeness (QED) is 0.757. The van der Waals surface area contributed by atoms with Crippen molar-refractivity contribution in [3.63, 3.8) is 0 Å². The molecule has 4 nitrogen and oxygen atoms in total. The molecule has 2 N–H and O–H groups in total. The fourth-order valence-electron chi connectivity index (χ4n) is 2.08. The number of nitrogens with two attached hydrogens (primary N) is 1. The second kappa shape index (κ2) is 7.21. The van der Waals surface area contributed by atoms with Crippen LogP contribution in [0.5, 0.6) is 0 Å². The molecule has 1 rings (SSSR count). The van der Waals surface area contributed by atoms with Crippen LogP contribution in [0.25, 0.3) is 0 Å². The average molecular weight is 253 g/mol. The van der Waals surface area contributed by atoms with Crippen LogP contribution in [0.1, 0.15) is 61.9 Å². The lowest BCUT2D eigenvalue weighted by Gasteiger charge is -2.20. The molecule has 1 heterocycles. The lowest BCUT2D eigenvalue weighted by Crippen LogP contribution is -2.20. The SMILES string of the molecule is CCCCC(CC)C(N)c1ccc(C(=O)OC)o1. The largest absolute Gasteiger partial charge is 0.463 e. The lowest BCUT2D eigenvalue weighted by molar-refractivity contribution is 0.0561. The molecule has 1 aromatic heterocycles. The molecule has 0 saturated heterocycles. The third-order valence-corrected chi connectivity index (χ3v) is 3.30. The summed E-state index contributed by atoms with van der Waals surface area (Å²) < 4.78 is 10.1. The summed E-state index contributed by atoms with van der Waals surface area (Å²) in [5.74, 6) is 0.809. The summed E-state index contributed by atoms with van der Waals surface area (Å²) in [6.07, 6.45) is 4.42. The van der Waals surface area contributed by atoms with Gasteiger partial charge >= 0.3 is 5.97 Å². The number of rotatable bonds is 7. The summed E-state index contributed by atoms with van der Waals surface area (Å²) in [4.78, 5) is 11.3. The van der Waals surface area contributed by atoms with Crippen molar-refractivity contribution in [3.05, 3.63) is 23.7 Å². The predicted molar refractivity (Wildman–Crippen MR) is 70.3 cm³/mol. The minimum absolute atomic E-state index is 0.153. The number of ether oxygens (including phenoxy) is 1. The first-order chi connectivity index (χ1) is 8.63. The van der Waals surface area contributed by atoms with Gasteiger partial charge in [0.1, 0.15) is 5.76 Å². The number of carbonyl (C=O) groups excluding carboxylic acids is 1. The molecule has 1 aromatic rings. The third kappa shape index (κ3) is 3.60. The van der Waals surface area contributed by atoms with Crippen LogP contribution in [-0.4, -0.2) is 13.1 Å². The first kappa shape index (κ1) is 14.8. The summed E-state index contributed by atoms with van der Waals surface area (Å²) in [5, 5.41) is 0. The van der Waals surface area contributed by atoms with E-state index in [0.717, 1.165) is 25.7 Å². The number of hydrogen-bond acceptors (Lipinski definition) is 4. The van der Waals surface area contributed by atoms with Crippen LogP contribution in [0.4, 0.5) is 0 Å². The molecule has 0 aromatic carbocycles. The predicted octanol–water partition coefficient (Wildman–Crippen LogP) is 3.28. The monoisotopic (exact) mass is 253 g/mol. The highest BCUT2D eigenvalue weighted by atomic mass is 16.5. The molecule has 0 aliphatic heterocycles. The van der Waals surface area contributed by atoms with E-state index in [1.54, 1.807) is 12.1 Å². The van der Waals surface area contributed by atoms with Crippen molar-refractivity contribution in [3.8, 4) is 0 Å². The highest BCUT2D eigenvalue weighted by molar-refractivity contribution is 5.86. The van der Waals surface area contributed by atoms with Crippen LogP contribution in [-0.2, 0) is 4.74 Å². The Labute approximate surface area is 108 Å². The van der Waals surface area contributed by atoms with Crippen molar-refractivity contribution in [2.24, 2.45) is 11.7 Å². The number of carbonyl (C=O) groups is 1. The average Bonchev–Trinajstić information content (AvgIpc) is 2.88. The Morgan fingerprint density at radius 2 is 2.17 bits per heavy atom. The molecule has 2 unspecified atom stereocenters. The lowest BCUT2D eigenvalue weighted by atomic mass is 9.90. The molecular formula is C14H23NO3. The minimum atomic E-state index is -0.463. The molecule has 0 aliphatic rings. The highest BCUT2D eigenvalue weighted by Gasteiger charge is 2.22. The van der Waals surface area contributed by atoms with Gasteiger partial charge in [0.25, 0.3) is 0 Å². The van der Waals surface area contributed by atoms with E-state index >= 15 is 0 Å². The molecule has 0 bridgehead atoms. The van der Waals surface area contributed by atoms with Gasteiger partial charge in [0, 0.05) is 0 Å². The van der Waals surface area contributed by atoms with E-state index in [0.29, 0.717) is 11.7 Å². The van der Waals surface area contributed by atoms with E-state index in [1.165, 1.54) is 7.11 Å². The van der Waals surface area contributed by atoms with E-state index < -0.39 is 5.97 Å². The van der Waals surface area contributed by atoms with Crippen LogP contribution in [0.3, 0.4) is 0 Å². The first-order valence-corrected chi connectivity index (χ1v) is 6.57. The Hall–Kier alpha value is -1.29. The van der Waals surface area contributed by atoms with Crippen molar-refractivity contribution in [1.82, 2.24) is 0 Å². The van der Waals surface area contributed by atoms with E-state index in [4.69, 9.17) is 10.2 Å². The highest BCUT2D eigenvalue weighted by Crippen LogP contribution is 2.28. The van der Waals surface area contributed by atoms with Gasteiger partial charge in [-0.05, 0) is 24.5 Å². The second-order valence-electron chi connectivity index (χ2n) is 4.53. The maximum absolute atomic E-state index is 11.3. The number of hydrogen-bond donors (Lipinski definition) is 1. The van der Waals surface area contributed by atoms with Gasteiger partial charge in [0.05, 0.1) is 13.2 Å². The molecular weight excluding hydrogens is 230 g/mol. The van der Waals surface area contributed by atoms with E-state index in [-0.39, 0.29) is 11.8 Å². The molecule has 102 valence electrons. The molecule has 0 radical (unpaired) electrons. The fourth-order valence-corrected chi connectivity index (χ4v) is 2.08. The number of methoxy groups -OCH3 is 1. The van der Waals surface area contributed by atoms with Gasteiger partial charge in [-0.1, -0.05) is 33.1 Å². The Bertz CT molecular complexity index is 373. The Morgan fingerprint density at radius 1 is 1.44 bits per heavy atom. The van der Waals surface area contributed by atoms with Crippen LogP contribution >= 0.6 is 0 Å². The first-order valence-electron chi connectivity index (χ1n) is 6.57. The van der Waals surface area contributed by atoms with Crippen molar-refractivity contribution >= 4 is 5.97 Å². The van der Waals surface area contributed by atoms with Crippen molar-refractivity contribution < 1.29 is 13.9 Å². The van der Waals surface area contributed by atoms with Gasteiger partial charge < -0.3 is 14.9 Å². The Morgan fingerprint density at radius 3 is 2.72 bits per heavy atom. The molecule has 0 fully saturated rings. The van der Waals surface area contributed by atoms with Crippen LogP contribution in [0, 0.1) is 5.92 Å². The molecule has 0 aliphatic carbocycles. The van der Waals surface area contributed by atoms with E-state index in [1.807, 2.05) is 0 Å². The summed E-state index contributed by atoms with van der Waals surface area (Å²) in [6, 6.07) is 3.24. The van der Waals surface area contributed by atoms with Gasteiger partial charge in [-0.2, -0.15) is 0 Å².